The third kappa shape index (κ3) is 5.01. The number of halogens is 2. The molecule has 8 nitrogen and oxygen atoms in total. The van der Waals surface area contributed by atoms with Gasteiger partial charge in [0.05, 0.1) is 34.9 Å². The van der Waals surface area contributed by atoms with Gasteiger partial charge in [0.1, 0.15) is 11.9 Å². The normalized spacial score (nSPS) is 20.0. The van der Waals surface area contributed by atoms with E-state index < -0.39 is 6.02 Å². The summed E-state index contributed by atoms with van der Waals surface area (Å²) in [6.07, 6.45) is 8.92. The highest BCUT2D eigenvalue weighted by molar-refractivity contribution is 6.35. The number of nitrogens with one attached hydrogen (secondary N) is 4. The molecule has 0 amide bonds. The fourth-order valence-corrected chi connectivity index (χ4v) is 5.03. The molecule has 1 aliphatic carbocycles. The standard InChI is InChI=1S/C27H28ClFN8/c28-23-13-20(12-22-25(18(14-30)15-31-27(22)23)34-36-10-2-1-3-11-36)32-26(17-4-6-19(29)7-5-17)24-16-37(35-33-24)21-8-9-21/h4-7,12-13,15-16,21,26,32-33,35H,1-3,8-11H2,(H,31,34)/t26-/m0/s1/i26D. The summed E-state index contributed by atoms with van der Waals surface area (Å²) in [7, 11) is 0. The zero-order chi connectivity index (χ0) is 26.3. The summed E-state index contributed by atoms with van der Waals surface area (Å²) in [6.45, 7) is 1.76. The SMILES string of the molecule is [2H][C@@](Nc1cc(Cl)c2ncc(C#N)c(NN3CCCCC3)c2c1)(C1=CN(C2CC2)NN1)c1ccc(F)cc1. The van der Waals surface area contributed by atoms with E-state index in [1.54, 1.807) is 18.2 Å². The first kappa shape index (κ1) is 22.6. The van der Waals surface area contributed by atoms with Gasteiger partial charge < -0.3 is 16.2 Å². The molecular weight excluding hydrogens is 491 g/mol. The van der Waals surface area contributed by atoms with Crippen LogP contribution >= 0.6 is 11.6 Å². The molecule has 2 aromatic carbocycles. The lowest BCUT2D eigenvalue weighted by Crippen LogP contribution is -2.38. The van der Waals surface area contributed by atoms with Crippen LogP contribution in [-0.4, -0.2) is 34.1 Å². The van der Waals surface area contributed by atoms with E-state index in [0.717, 1.165) is 38.8 Å². The highest BCUT2D eigenvalue weighted by Gasteiger charge is 2.32. The van der Waals surface area contributed by atoms with Crippen LogP contribution in [0.4, 0.5) is 15.8 Å². The Morgan fingerprint density at radius 2 is 1.97 bits per heavy atom. The molecule has 3 aliphatic rings. The van der Waals surface area contributed by atoms with Crippen molar-refractivity contribution in [3.8, 4) is 6.07 Å². The molecule has 1 atom stereocenters. The maximum absolute atomic E-state index is 13.8. The minimum atomic E-state index is -1.50. The molecule has 0 bridgehead atoms. The molecule has 1 aromatic heterocycles. The van der Waals surface area contributed by atoms with E-state index in [2.05, 4.69) is 37.8 Å². The maximum atomic E-state index is 13.8. The first-order valence-electron chi connectivity index (χ1n) is 13.0. The van der Waals surface area contributed by atoms with Gasteiger partial charge in [-0.3, -0.25) is 9.99 Å². The third-order valence-corrected chi connectivity index (χ3v) is 7.16. The molecule has 0 unspecified atom stereocenters. The Labute approximate surface area is 221 Å². The van der Waals surface area contributed by atoms with Gasteiger partial charge in [0.15, 0.2) is 0 Å². The average molecular weight is 520 g/mol. The van der Waals surface area contributed by atoms with Crippen molar-refractivity contribution in [3.05, 3.63) is 76.5 Å². The molecular formula is C27H28ClFN8. The van der Waals surface area contributed by atoms with E-state index >= 15 is 0 Å². The van der Waals surface area contributed by atoms with Crippen molar-refractivity contribution < 1.29 is 5.76 Å². The molecule has 1 saturated heterocycles. The van der Waals surface area contributed by atoms with E-state index in [-0.39, 0.29) is 5.82 Å². The topological polar surface area (TPSA) is 91.3 Å². The molecule has 3 aromatic rings. The van der Waals surface area contributed by atoms with E-state index in [1.165, 1.54) is 24.8 Å². The number of fused-ring (bicyclic) bond motifs is 1. The van der Waals surface area contributed by atoms with Gasteiger partial charge in [0.2, 0.25) is 0 Å². The fourth-order valence-electron chi connectivity index (χ4n) is 4.76. The Hall–Kier alpha value is -3.58. The number of nitrogens with zero attached hydrogens (tertiary/aromatic N) is 4. The van der Waals surface area contributed by atoms with Gasteiger partial charge in [0.25, 0.3) is 0 Å². The molecule has 6 rings (SSSR count). The number of benzene rings is 2. The van der Waals surface area contributed by atoms with Crippen LogP contribution < -0.4 is 21.7 Å². The summed E-state index contributed by atoms with van der Waals surface area (Å²) in [5.41, 5.74) is 13.0. The Morgan fingerprint density at radius 1 is 1.19 bits per heavy atom. The van der Waals surface area contributed by atoms with Crippen molar-refractivity contribution in [2.75, 3.05) is 23.8 Å². The number of pyridine rings is 1. The number of nitriles is 1. The lowest BCUT2D eigenvalue weighted by molar-refractivity contribution is 0.260. The van der Waals surface area contributed by atoms with Gasteiger partial charge in [-0.25, -0.2) is 9.40 Å². The van der Waals surface area contributed by atoms with Crippen molar-refractivity contribution in [3.63, 3.8) is 0 Å². The highest BCUT2D eigenvalue weighted by atomic mass is 35.5. The average Bonchev–Trinajstić information content (AvgIpc) is 3.65. The molecule has 0 radical (unpaired) electrons. The van der Waals surface area contributed by atoms with Crippen molar-refractivity contribution in [2.45, 2.75) is 44.2 Å². The first-order valence-corrected chi connectivity index (χ1v) is 12.9. The van der Waals surface area contributed by atoms with Gasteiger partial charge in [-0.1, -0.05) is 30.2 Å². The Bertz CT molecular complexity index is 1430. The van der Waals surface area contributed by atoms with Gasteiger partial charge in [-0.2, -0.15) is 5.26 Å². The Balaban J connectivity index is 1.42. The summed E-state index contributed by atoms with van der Waals surface area (Å²) in [6, 6.07) is 10.6. The number of rotatable bonds is 7. The monoisotopic (exact) mass is 519 g/mol. The Kier molecular flexibility index (Phi) is 6.14. The second-order valence-corrected chi connectivity index (χ2v) is 10.0. The summed E-state index contributed by atoms with van der Waals surface area (Å²) in [5, 5.41) is 18.3. The smallest absolute Gasteiger partial charge is 0.123 e. The molecule has 0 spiro atoms. The quantitative estimate of drug-likeness (QED) is 0.339. The van der Waals surface area contributed by atoms with Crippen molar-refractivity contribution in [2.24, 2.45) is 0 Å². The van der Waals surface area contributed by atoms with Crippen molar-refractivity contribution in [1.82, 2.24) is 26.0 Å². The van der Waals surface area contributed by atoms with Crippen molar-refractivity contribution in [1.29, 1.82) is 5.26 Å². The molecule has 1 saturated carbocycles. The van der Waals surface area contributed by atoms with Crippen LogP contribution in [0.5, 0.6) is 0 Å². The van der Waals surface area contributed by atoms with Gasteiger partial charge in [-0.05, 0) is 55.5 Å². The van der Waals surface area contributed by atoms with E-state index in [1.807, 2.05) is 17.3 Å². The first-order chi connectivity index (χ1) is 18.4. The summed E-state index contributed by atoms with van der Waals surface area (Å²) < 4.78 is 23.4. The molecule has 2 aliphatic heterocycles. The third-order valence-electron chi connectivity index (χ3n) is 6.87. The zero-order valence-corrected chi connectivity index (χ0v) is 20.9. The lowest BCUT2D eigenvalue weighted by Gasteiger charge is -2.29. The van der Waals surface area contributed by atoms with E-state index in [0.29, 0.717) is 50.2 Å². The molecule has 190 valence electrons. The molecule has 2 fully saturated rings. The molecule has 37 heavy (non-hydrogen) atoms. The zero-order valence-electron chi connectivity index (χ0n) is 21.2. The number of hydrogen-bond acceptors (Lipinski definition) is 8. The van der Waals surface area contributed by atoms with Crippen LogP contribution in [0.1, 0.15) is 50.6 Å². The van der Waals surface area contributed by atoms with Crippen LogP contribution in [0.15, 0.2) is 54.5 Å². The molecule has 4 N–H and O–H groups in total. The van der Waals surface area contributed by atoms with E-state index in [9.17, 15) is 11.0 Å². The lowest BCUT2D eigenvalue weighted by atomic mass is 10.0. The van der Waals surface area contributed by atoms with Crippen molar-refractivity contribution >= 4 is 33.9 Å². The number of hydrazine groups is 3. The molecule has 3 heterocycles. The number of hydrogen-bond donors (Lipinski definition) is 4. The summed E-state index contributed by atoms with van der Waals surface area (Å²) >= 11 is 6.71. The van der Waals surface area contributed by atoms with Gasteiger partial charge in [0, 0.05) is 42.6 Å². The second kappa shape index (κ2) is 10.1. The highest BCUT2D eigenvalue weighted by Crippen LogP contribution is 2.37. The van der Waals surface area contributed by atoms with Crippen LogP contribution in [0.25, 0.3) is 10.9 Å². The van der Waals surface area contributed by atoms with Gasteiger partial charge in [-0.15, -0.1) is 5.53 Å². The number of aromatic nitrogens is 1. The predicted octanol–water partition coefficient (Wildman–Crippen LogP) is 5.19. The van der Waals surface area contributed by atoms with E-state index in [4.69, 9.17) is 11.6 Å². The summed E-state index contributed by atoms with van der Waals surface area (Å²) in [4.78, 5) is 4.45. The second-order valence-electron chi connectivity index (χ2n) is 9.60. The predicted molar refractivity (Wildman–Crippen MR) is 142 cm³/mol. The number of anilines is 2. The summed E-state index contributed by atoms with van der Waals surface area (Å²) in [5.74, 6) is -0.375. The van der Waals surface area contributed by atoms with Crippen LogP contribution in [0.3, 0.4) is 0 Å². The minimum Gasteiger partial charge on any atom is -0.373 e. The molecule has 10 heteroatoms. The van der Waals surface area contributed by atoms with Gasteiger partial charge >= 0.3 is 0 Å². The maximum Gasteiger partial charge on any atom is 0.123 e. The fraction of sp³-hybridized carbons (Fsp3) is 0.333. The largest absolute Gasteiger partial charge is 0.373 e. The van der Waals surface area contributed by atoms with Crippen LogP contribution in [0, 0.1) is 17.1 Å². The van der Waals surface area contributed by atoms with Crippen LogP contribution in [0.2, 0.25) is 5.02 Å². The minimum absolute atomic E-state index is 0.375. The van der Waals surface area contributed by atoms with Crippen LogP contribution in [-0.2, 0) is 0 Å². The Morgan fingerprint density at radius 3 is 2.70 bits per heavy atom. The number of piperidine rings is 1.